The summed E-state index contributed by atoms with van der Waals surface area (Å²) < 4.78 is 11.3. The first-order valence-corrected chi connectivity index (χ1v) is 10.9. The second-order valence-electron chi connectivity index (χ2n) is 8.07. The van der Waals surface area contributed by atoms with Gasteiger partial charge in [-0.25, -0.2) is 0 Å². The number of anilines is 1. The summed E-state index contributed by atoms with van der Waals surface area (Å²) in [5.41, 5.74) is 4.24. The molecule has 0 saturated carbocycles. The molecule has 3 aromatic carbocycles. The number of hydrogen-bond acceptors (Lipinski definition) is 4. The number of methoxy groups -OCH3 is 1. The molecule has 0 aliphatic carbocycles. The number of rotatable bonds is 9. The first-order chi connectivity index (χ1) is 16.1. The Kier molecular flexibility index (Phi) is 7.22. The molecule has 0 saturated heterocycles. The van der Waals surface area contributed by atoms with Crippen LogP contribution in [0.4, 0.5) is 5.69 Å². The molecule has 5 heteroatoms. The molecular weight excluding hydrogens is 412 g/mol. The van der Waals surface area contributed by atoms with Crippen LogP contribution < -0.4 is 10.1 Å². The average molecular weight is 441 g/mol. The number of hydrogen-bond donors (Lipinski definition) is 1. The van der Waals surface area contributed by atoms with Gasteiger partial charge in [-0.1, -0.05) is 60.2 Å². The van der Waals surface area contributed by atoms with Crippen molar-refractivity contribution in [1.29, 1.82) is 0 Å². The van der Waals surface area contributed by atoms with Crippen LogP contribution in [0.1, 0.15) is 33.0 Å². The smallest absolute Gasteiger partial charge is 0.291 e. The Morgan fingerprint density at radius 3 is 2.33 bits per heavy atom. The van der Waals surface area contributed by atoms with Gasteiger partial charge in [0.25, 0.3) is 5.91 Å². The molecule has 0 unspecified atom stereocenters. The van der Waals surface area contributed by atoms with Crippen molar-refractivity contribution < 1.29 is 13.9 Å². The van der Waals surface area contributed by atoms with Gasteiger partial charge in [-0.05, 0) is 54.4 Å². The van der Waals surface area contributed by atoms with E-state index in [1.165, 1.54) is 5.56 Å². The Morgan fingerprint density at radius 1 is 0.848 bits per heavy atom. The molecule has 1 heterocycles. The summed E-state index contributed by atoms with van der Waals surface area (Å²) in [5, 5.41) is 2.88. The Labute approximate surface area is 194 Å². The minimum atomic E-state index is -0.257. The van der Waals surface area contributed by atoms with E-state index in [4.69, 9.17) is 9.15 Å². The zero-order chi connectivity index (χ0) is 23.0. The maximum Gasteiger partial charge on any atom is 0.291 e. The molecule has 0 spiro atoms. The van der Waals surface area contributed by atoms with E-state index in [1.54, 1.807) is 13.2 Å². The number of nitrogens with one attached hydrogen (secondary N) is 1. The van der Waals surface area contributed by atoms with Gasteiger partial charge in [-0.15, -0.1) is 0 Å². The largest absolute Gasteiger partial charge is 0.497 e. The summed E-state index contributed by atoms with van der Waals surface area (Å²) in [4.78, 5) is 14.9. The maximum atomic E-state index is 12.6. The lowest BCUT2D eigenvalue weighted by Gasteiger charge is -2.22. The van der Waals surface area contributed by atoms with Crippen molar-refractivity contribution in [2.45, 2.75) is 26.6 Å². The quantitative estimate of drug-likeness (QED) is 0.344. The molecule has 33 heavy (non-hydrogen) atoms. The van der Waals surface area contributed by atoms with Gasteiger partial charge >= 0.3 is 0 Å². The van der Waals surface area contributed by atoms with Gasteiger partial charge < -0.3 is 14.5 Å². The van der Waals surface area contributed by atoms with Crippen LogP contribution in [0.2, 0.25) is 0 Å². The lowest BCUT2D eigenvalue weighted by molar-refractivity contribution is 0.0992. The van der Waals surface area contributed by atoms with E-state index < -0.39 is 0 Å². The van der Waals surface area contributed by atoms with E-state index in [2.05, 4.69) is 28.4 Å². The molecule has 1 N–H and O–H groups in total. The standard InChI is InChI=1S/C28H28N2O3/c1-21-11-13-24(14-12-21)29-28(31)27-16-15-26(33-27)20-30(18-22-7-4-3-5-8-22)19-23-9-6-10-25(17-23)32-2/h3-17H,18-20H2,1-2H3,(H,29,31). The van der Waals surface area contributed by atoms with Gasteiger partial charge in [0.2, 0.25) is 0 Å². The number of carbonyl (C=O) groups excluding carboxylic acids is 1. The van der Waals surface area contributed by atoms with Crippen LogP contribution in [-0.4, -0.2) is 17.9 Å². The Bertz CT molecular complexity index is 1180. The molecule has 0 bridgehead atoms. The topological polar surface area (TPSA) is 54.7 Å². The molecule has 5 nitrogen and oxygen atoms in total. The Morgan fingerprint density at radius 2 is 1.58 bits per heavy atom. The maximum absolute atomic E-state index is 12.6. The van der Waals surface area contributed by atoms with Crippen LogP contribution >= 0.6 is 0 Å². The highest BCUT2D eigenvalue weighted by atomic mass is 16.5. The van der Waals surface area contributed by atoms with Crippen LogP contribution in [0.25, 0.3) is 0 Å². The number of benzene rings is 3. The zero-order valence-corrected chi connectivity index (χ0v) is 19.0. The number of ether oxygens (including phenoxy) is 1. The molecule has 1 amide bonds. The fourth-order valence-electron chi connectivity index (χ4n) is 3.67. The molecule has 168 valence electrons. The van der Waals surface area contributed by atoms with Crippen LogP contribution in [0, 0.1) is 6.92 Å². The number of amides is 1. The van der Waals surface area contributed by atoms with E-state index in [-0.39, 0.29) is 5.91 Å². The van der Waals surface area contributed by atoms with Crippen LogP contribution in [-0.2, 0) is 19.6 Å². The van der Waals surface area contributed by atoms with Gasteiger partial charge in [0.1, 0.15) is 11.5 Å². The van der Waals surface area contributed by atoms with Crippen molar-refractivity contribution >= 4 is 11.6 Å². The summed E-state index contributed by atoms with van der Waals surface area (Å²) >= 11 is 0. The summed E-state index contributed by atoms with van der Waals surface area (Å²) in [6.07, 6.45) is 0. The van der Waals surface area contributed by atoms with Crippen molar-refractivity contribution in [2.75, 3.05) is 12.4 Å². The van der Waals surface area contributed by atoms with E-state index >= 15 is 0 Å². The van der Waals surface area contributed by atoms with Crippen molar-refractivity contribution in [2.24, 2.45) is 0 Å². The SMILES string of the molecule is COc1cccc(CN(Cc2ccccc2)Cc2ccc(C(=O)Nc3ccc(C)cc3)o2)c1. The van der Waals surface area contributed by atoms with Gasteiger partial charge in [0.15, 0.2) is 5.76 Å². The highest BCUT2D eigenvalue weighted by Gasteiger charge is 2.15. The lowest BCUT2D eigenvalue weighted by atomic mass is 10.1. The average Bonchev–Trinajstić information content (AvgIpc) is 3.30. The third-order valence-electron chi connectivity index (χ3n) is 5.36. The van der Waals surface area contributed by atoms with Gasteiger partial charge in [-0.2, -0.15) is 0 Å². The third-order valence-corrected chi connectivity index (χ3v) is 5.36. The molecule has 1 aromatic heterocycles. The summed E-state index contributed by atoms with van der Waals surface area (Å²) in [5.74, 6) is 1.61. The fraction of sp³-hybridized carbons (Fsp3) is 0.179. The van der Waals surface area contributed by atoms with E-state index in [9.17, 15) is 4.79 Å². The van der Waals surface area contributed by atoms with Crippen LogP contribution in [0.15, 0.2) is 95.4 Å². The highest BCUT2D eigenvalue weighted by molar-refractivity contribution is 6.02. The molecule has 0 radical (unpaired) electrons. The minimum Gasteiger partial charge on any atom is -0.497 e. The molecule has 4 rings (SSSR count). The number of furan rings is 1. The third kappa shape index (κ3) is 6.34. The first kappa shape index (κ1) is 22.4. The summed E-state index contributed by atoms with van der Waals surface area (Å²) in [6.45, 7) is 4.06. The van der Waals surface area contributed by atoms with Crippen LogP contribution in [0.3, 0.4) is 0 Å². The second-order valence-corrected chi connectivity index (χ2v) is 8.07. The number of carbonyl (C=O) groups is 1. The van der Waals surface area contributed by atoms with Gasteiger partial charge in [0.05, 0.1) is 13.7 Å². The lowest BCUT2D eigenvalue weighted by Crippen LogP contribution is -2.22. The normalized spacial score (nSPS) is 10.9. The molecule has 4 aromatic rings. The van der Waals surface area contributed by atoms with Crippen molar-refractivity contribution in [3.63, 3.8) is 0 Å². The van der Waals surface area contributed by atoms with E-state index in [0.717, 1.165) is 41.4 Å². The molecule has 0 atom stereocenters. The molecular formula is C28H28N2O3. The number of aryl methyl sites for hydroxylation is 1. The number of nitrogens with zero attached hydrogens (tertiary/aromatic N) is 1. The van der Waals surface area contributed by atoms with Crippen molar-refractivity contribution in [1.82, 2.24) is 4.90 Å². The summed E-state index contributed by atoms with van der Waals surface area (Å²) in [6, 6.07) is 29.7. The fourth-order valence-corrected chi connectivity index (χ4v) is 3.67. The first-order valence-electron chi connectivity index (χ1n) is 10.9. The van der Waals surface area contributed by atoms with Crippen molar-refractivity contribution in [3.05, 3.63) is 119 Å². The predicted molar refractivity (Wildman–Crippen MR) is 130 cm³/mol. The van der Waals surface area contributed by atoms with Gasteiger partial charge in [-0.3, -0.25) is 9.69 Å². The highest BCUT2D eigenvalue weighted by Crippen LogP contribution is 2.20. The van der Waals surface area contributed by atoms with Gasteiger partial charge in [0, 0.05) is 18.8 Å². The second kappa shape index (κ2) is 10.7. The van der Waals surface area contributed by atoms with Crippen molar-refractivity contribution in [3.8, 4) is 5.75 Å². The molecule has 0 aliphatic rings. The zero-order valence-electron chi connectivity index (χ0n) is 19.0. The Hall–Kier alpha value is -3.83. The summed E-state index contributed by atoms with van der Waals surface area (Å²) in [7, 11) is 1.67. The minimum absolute atomic E-state index is 0.257. The molecule has 0 fully saturated rings. The van der Waals surface area contributed by atoms with Crippen LogP contribution in [0.5, 0.6) is 5.75 Å². The predicted octanol–water partition coefficient (Wildman–Crippen LogP) is 6.05. The Balaban J connectivity index is 1.47. The molecule has 0 aliphatic heterocycles. The van der Waals surface area contributed by atoms with E-state index in [0.29, 0.717) is 12.3 Å². The van der Waals surface area contributed by atoms with E-state index in [1.807, 2.05) is 73.7 Å². The monoisotopic (exact) mass is 440 g/mol.